The number of aromatic nitrogens is 2. The highest BCUT2D eigenvalue weighted by molar-refractivity contribution is 5.15. The molecule has 0 radical (unpaired) electrons. The van der Waals surface area contributed by atoms with Gasteiger partial charge in [0.05, 0.1) is 6.20 Å². The van der Waals surface area contributed by atoms with Crippen LogP contribution >= 0.6 is 0 Å². The van der Waals surface area contributed by atoms with Gasteiger partial charge in [0, 0.05) is 37.9 Å². The first-order chi connectivity index (χ1) is 7.15. The third-order valence-corrected chi connectivity index (χ3v) is 2.86. The Morgan fingerprint density at radius 3 is 2.80 bits per heavy atom. The summed E-state index contributed by atoms with van der Waals surface area (Å²) in [6.45, 7) is 8.41. The minimum atomic E-state index is 0.914. The van der Waals surface area contributed by atoms with Crippen molar-refractivity contribution in [1.29, 1.82) is 0 Å². The number of hydrogen-bond acceptors (Lipinski definition) is 3. The third kappa shape index (κ3) is 3.64. The Morgan fingerprint density at radius 2 is 2.27 bits per heavy atom. The SMILES string of the molecule is CCN(C)CCNCc1cnn(C)c1C. The van der Waals surface area contributed by atoms with Gasteiger partial charge in [-0.2, -0.15) is 5.10 Å². The summed E-state index contributed by atoms with van der Waals surface area (Å²) in [5.41, 5.74) is 2.53. The van der Waals surface area contributed by atoms with E-state index in [4.69, 9.17) is 0 Å². The molecule has 0 aliphatic carbocycles. The highest BCUT2D eigenvalue weighted by Gasteiger charge is 2.02. The first-order valence-corrected chi connectivity index (χ1v) is 5.52. The maximum absolute atomic E-state index is 4.21. The maximum Gasteiger partial charge on any atom is 0.0537 e. The van der Waals surface area contributed by atoms with E-state index in [2.05, 4.69) is 36.2 Å². The Labute approximate surface area is 92.3 Å². The molecule has 86 valence electrons. The van der Waals surface area contributed by atoms with E-state index in [-0.39, 0.29) is 0 Å². The van der Waals surface area contributed by atoms with Crippen molar-refractivity contribution in [2.75, 3.05) is 26.7 Å². The molecule has 0 unspecified atom stereocenters. The number of rotatable bonds is 6. The van der Waals surface area contributed by atoms with Crippen LogP contribution in [-0.2, 0) is 13.6 Å². The molecule has 0 saturated carbocycles. The van der Waals surface area contributed by atoms with Crippen LogP contribution in [-0.4, -0.2) is 41.4 Å². The largest absolute Gasteiger partial charge is 0.311 e. The number of hydrogen-bond donors (Lipinski definition) is 1. The highest BCUT2D eigenvalue weighted by atomic mass is 15.3. The average Bonchev–Trinajstić information content (AvgIpc) is 2.55. The molecule has 1 rings (SSSR count). The van der Waals surface area contributed by atoms with E-state index in [1.54, 1.807) is 0 Å². The zero-order valence-corrected chi connectivity index (χ0v) is 10.2. The first kappa shape index (κ1) is 12.2. The Balaban J connectivity index is 2.23. The van der Waals surface area contributed by atoms with E-state index < -0.39 is 0 Å². The fourth-order valence-electron chi connectivity index (χ4n) is 1.37. The van der Waals surface area contributed by atoms with Gasteiger partial charge in [-0.15, -0.1) is 0 Å². The van der Waals surface area contributed by atoms with Crippen LogP contribution in [0, 0.1) is 6.92 Å². The van der Waals surface area contributed by atoms with E-state index in [1.165, 1.54) is 11.3 Å². The lowest BCUT2D eigenvalue weighted by molar-refractivity contribution is 0.349. The Bertz CT molecular complexity index is 293. The second-order valence-corrected chi connectivity index (χ2v) is 3.95. The van der Waals surface area contributed by atoms with Crippen molar-refractivity contribution in [3.63, 3.8) is 0 Å². The number of aryl methyl sites for hydroxylation is 1. The Hall–Kier alpha value is -0.870. The monoisotopic (exact) mass is 210 g/mol. The van der Waals surface area contributed by atoms with Crippen LogP contribution in [0.15, 0.2) is 6.20 Å². The summed E-state index contributed by atoms with van der Waals surface area (Å²) in [6, 6.07) is 0. The summed E-state index contributed by atoms with van der Waals surface area (Å²) < 4.78 is 1.91. The van der Waals surface area contributed by atoms with E-state index >= 15 is 0 Å². The lowest BCUT2D eigenvalue weighted by Gasteiger charge is -2.13. The molecule has 4 heteroatoms. The fraction of sp³-hybridized carbons (Fsp3) is 0.727. The van der Waals surface area contributed by atoms with Gasteiger partial charge in [0.15, 0.2) is 0 Å². The van der Waals surface area contributed by atoms with E-state index in [0.717, 1.165) is 26.2 Å². The van der Waals surface area contributed by atoms with E-state index in [1.807, 2.05) is 17.9 Å². The van der Waals surface area contributed by atoms with Crippen molar-refractivity contribution in [2.24, 2.45) is 7.05 Å². The molecule has 0 amide bonds. The van der Waals surface area contributed by atoms with Crippen molar-refractivity contribution in [3.05, 3.63) is 17.5 Å². The lowest BCUT2D eigenvalue weighted by Crippen LogP contribution is -2.28. The summed E-state index contributed by atoms with van der Waals surface area (Å²) in [5, 5.41) is 7.64. The summed E-state index contributed by atoms with van der Waals surface area (Å²) >= 11 is 0. The standard InChI is InChI=1S/C11H22N4/c1-5-14(3)7-6-12-8-11-9-13-15(4)10(11)2/h9,12H,5-8H2,1-4H3. The number of nitrogens with zero attached hydrogens (tertiary/aromatic N) is 3. The molecule has 0 fully saturated rings. The molecule has 0 spiro atoms. The summed E-state index contributed by atoms with van der Waals surface area (Å²) in [7, 11) is 4.11. The molecular weight excluding hydrogens is 188 g/mol. The fourth-order valence-corrected chi connectivity index (χ4v) is 1.37. The van der Waals surface area contributed by atoms with Crippen LogP contribution in [0.5, 0.6) is 0 Å². The summed E-state index contributed by atoms with van der Waals surface area (Å²) in [4.78, 5) is 2.29. The maximum atomic E-state index is 4.21. The molecule has 1 aromatic heterocycles. The molecule has 0 aliphatic rings. The molecule has 1 heterocycles. The van der Waals surface area contributed by atoms with E-state index in [9.17, 15) is 0 Å². The molecular formula is C11H22N4. The van der Waals surface area contributed by atoms with Gasteiger partial charge in [0.2, 0.25) is 0 Å². The molecule has 0 bridgehead atoms. The summed E-state index contributed by atoms with van der Waals surface area (Å²) in [6.07, 6.45) is 1.94. The molecule has 0 aliphatic heterocycles. The van der Waals surface area contributed by atoms with Gasteiger partial charge >= 0.3 is 0 Å². The second kappa shape index (κ2) is 5.88. The predicted molar refractivity (Wildman–Crippen MR) is 62.8 cm³/mol. The minimum Gasteiger partial charge on any atom is -0.311 e. The van der Waals surface area contributed by atoms with Crippen molar-refractivity contribution < 1.29 is 0 Å². The van der Waals surface area contributed by atoms with Crippen LogP contribution in [0.25, 0.3) is 0 Å². The zero-order valence-electron chi connectivity index (χ0n) is 10.2. The van der Waals surface area contributed by atoms with Gasteiger partial charge in [-0.3, -0.25) is 4.68 Å². The van der Waals surface area contributed by atoms with Crippen LogP contribution < -0.4 is 5.32 Å². The van der Waals surface area contributed by atoms with Gasteiger partial charge in [-0.25, -0.2) is 0 Å². The van der Waals surface area contributed by atoms with Crippen LogP contribution in [0.4, 0.5) is 0 Å². The van der Waals surface area contributed by atoms with Gasteiger partial charge in [-0.05, 0) is 20.5 Å². The minimum absolute atomic E-state index is 0.914. The molecule has 4 nitrogen and oxygen atoms in total. The Kier molecular flexibility index (Phi) is 4.78. The van der Waals surface area contributed by atoms with Crippen LogP contribution in [0.1, 0.15) is 18.2 Å². The summed E-state index contributed by atoms with van der Waals surface area (Å²) in [5.74, 6) is 0. The lowest BCUT2D eigenvalue weighted by atomic mass is 10.2. The van der Waals surface area contributed by atoms with Crippen LogP contribution in [0.3, 0.4) is 0 Å². The van der Waals surface area contributed by atoms with Crippen molar-refractivity contribution in [2.45, 2.75) is 20.4 Å². The third-order valence-electron chi connectivity index (χ3n) is 2.86. The van der Waals surface area contributed by atoms with Crippen molar-refractivity contribution >= 4 is 0 Å². The molecule has 0 atom stereocenters. The molecule has 1 aromatic rings. The topological polar surface area (TPSA) is 33.1 Å². The molecule has 1 N–H and O–H groups in total. The van der Waals surface area contributed by atoms with Crippen LogP contribution in [0.2, 0.25) is 0 Å². The molecule has 0 aromatic carbocycles. The highest BCUT2D eigenvalue weighted by Crippen LogP contribution is 2.04. The van der Waals surface area contributed by atoms with Crippen molar-refractivity contribution in [1.82, 2.24) is 20.0 Å². The van der Waals surface area contributed by atoms with Crippen molar-refractivity contribution in [3.8, 4) is 0 Å². The molecule has 0 saturated heterocycles. The number of nitrogens with one attached hydrogen (secondary N) is 1. The second-order valence-electron chi connectivity index (χ2n) is 3.95. The van der Waals surface area contributed by atoms with E-state index in [0.29, 0.717) is 0 Å². The van der Waals surface area contributed by atoms with Gasteiger partial charge < -0.3 is 10.2 Å². The quantitative estimate of drug-likeness (QED) is 0.704. The number of likely N-dealkylation sites (N-methyl/N-ethyl adjacent to an activating group) is 1. The average molecular weight is 210 g/mol. The Morgan fingerprint density at radius 1 is 1.53 bits per heavy atom. The first-order valence-electron chi connectivity index (χ1n) is 5.52. The normalized spacial score (nSPS) is 11.3. The van der Waals surface area contributed by atoms with Gasteiger partial charge in [0.1, 0.15) is 0 Å². The molecule has 15 heavy (non-hydrogen) atoms. The smallest absolute Gasteiger partial charge is 0.0537 e. The zero-order chi connectivity index (χ0) is 11.3. The predicted octanol–water partition coefficient (Wildman–Crippen LogP) is 0.770. The van der Waals surface area contributed by atoms with Gasteiger partial charge in [0.25, 0.3) is 0 Å². The van der Waals surface area contributed by atoms with Gasteiger partial charge in [-0.1, -0.05) is 6.92 Å².